The van der Waals surface area contributed by atoms with Crippen molar-refractivity contribution in [1.82, 2.24) is 14.8 Å². The Morgan fingerprint density at radius 1 is 1.06 bits per heavy atom. The maximum absolute atomic E-state index is 9.95. The number of aromatic nitrogens is 3. The molecule has 7 heteroatoms. The largest absolute Gasteiger partial charge is 0.493 e. The normalized spacial score (nSPS) is 13.1. The van der Waals surface area contributed by atoms with Crippen molar-refractivity contribution in [3.63, 3.8) is 0 Å². The Morgan fingerprint density at radius 2 is 1.91 bits per heavy atom. The van der Waals surface area contributed by atoms with Gasteiger partial charge in [-0.3, -0.25) is 0 Å². The number of benzene rings is 2. The Kier molecular flexibility index (Phi) is 6.09. The number of nitriles is 1. The molecule has 0 N–H and O–H groups in total. The molecular formula is C26H24N4O2S. The fourth-order valence-electron chi connectivity index (χ4n) is 4.24. The van der Waals surface area contributed by atoms with E-state index in [2.05, 4.69) is 16.2 Å². The van der Waals surface area contributed by atoms with E-state index in [9.17, 15) is 5.26 Å². The fraction of sp³-hybridized carbons (Fsp3) is 0.269. The third-order valence-electron chi connectivity index (χ3n) is 5.91. The van der Waals surface area contributed by atoms with Crippen molar-refractivity contribution in [3.05, 3.63) is 76.4 Å². The van der Waals surface area contributed by atoms with Gasteiger partial charge in [0.2, 0.25) is 0 Å². The highest BCUT2D eigenvalue weighted by Crippen LogP contribution is 2.38. The van der Waals surface area contributed by atoms with Crippen LogP contribution in [-0.2, 0) is 19.4 Å². The second kappa shape index (κ2) is 9.47. The smallest absolute Gasteiger partial charge is 0.164 e. The summed E-state index contributed by atoms with van der Waals surface area (Å²) in [6.45, 7) is 0.457. The lowest BCUT2D eigenvalue weighted by atomic mass is 10.1. The predicted molar refractivity (Wildman–Crippen MR) is 128 cm³/mol. The summed E-state index contributed by atoms with van der Waals surface area (Å²) in [6.07, 6.45) is 7.04. The van der Waals surface area contributed by atoms with Crippen molar-refractivity contribution < 1.29 is 9.47 Å². The van der Waals surface area contributed by atoms with Crippen LogP contribution in [0, 0.1) is 11.3 Å². The molecule has 2 aromatic carbocycles. The first-order valence-corrected chi connectivity index (χ1v) is 11.9. The van der Waals surface area contributed by atoms with Gasteiger partial charge in [0.1, 0.15) is 24.0 Å². The average molecular weight is 457 g/mol. The number of fused-ring (bicyclic) bond motifs is 1. The standard InChI is InChI=1S/C26H24N4O2S/c1-31-23-14-19(12-13-22(23)32-16-18-8-4-2-5-9-18)25-28-17-29-30(25)26-21(15-27)20-10-6-3-7-11-24(20)33-26/h2,4-5,8-9,12-14,17H,3,6-7,10-11,16H2,1H3. The van der Waals surface area contributed by atoms with E-state index < -0.39 is 0 Å². The Balaban J connectivity index is 1.48. The number of aryl methyl sites for hydroxylation is 1. The number of rotatable bonds is 6. The van der Waals surface area contributed by atoms with Crippen molar-refractivity contribution in [2.24, 2.45) is 0 Å². The van der Waals surface area contributed by atoms with E-state index >= 15 is 0 Å². The molecule has 1 aliphatic rings. The quantitative estimate of drug-likeness (QED) is 0.347. The molecule has 0 spiro atoms. The summed E-state index contributed by atoms with van der Waals surface area (Å²) >= 11 is 1.67. The summed E-state index contributed by atoms with van der Waals surface area (Å²) in [5.41, 5.74) is 3.87. The Morgan fingerprint density at radius 3 is 2.73 bits per heavy atom. The minimum Gasteiger partial charge on any atom is -0.493 e. The molecule has 0 unspecified atom stereocenters. The van der Waals surface area contributed by atoms with Gasteiger partial charge in [-0.05, 0) is 55.0 Å². The molecule has 6 nitrogen and oxygen atoms in total. The lowest BCUT2D eigenvalue weighted by Crippen LogP contribution is -2.01. The zero-order chi connectivity index (χ0) is 22.6. The van der Waals surface area contributed by atoms with E-state index in [0.29, 0.717) is 23.9 Å². The molecule has 0 amide bonds. The second-order valence-electron chi connectivity index (χ2n) is 7.99. The van der Waals surface area contributed by atoms with Crippen molar-refractivity contribution in [3.8, 4) is 34.0 Å². The molecular weight excluding hydrogens is 432 g/mol. The summed E-state index contributed by atoms with van der Waals surface area (Å²) in [7, 11) is 1.63. The molecule has 0 saturated heterocycles. The maximum Gasteiger partial charge on any atom is 0.164 e. The maximum atomic E-state index is 9.95. The monoisotopic (exact) mass is 456 g/mol. The molecule has 0 radical (unpaired) electrons. The highest BCUT2D eigenvalue weighted by Gasteiger charge is 2.23. The lowest BCUT2D eigenvalue weighted by Gasteiger charge is -2.12. The van der Waals surface area contributed by atoms with Gasteiger partial charge in [-0.2, -0.15) is 10.4 Å². The Hall–Kier alpha value is -3.63. The summed E-state index contributed by atoms with van der Waals surface area (Å²) in [5.74, 6) is 1.97. The van der Waals surface area contributed by atoms with Crippen LogP contribution in [0.25, 0.3) is 16.4 Å². The number of hydrogen-bond donors (Lipinski definition) is 0. The minimum absolute atomic E-state index is 0.457. The van der Waals surface area contributed by atoms with E-state index in [1.54, 1.807) is 23.1 Å². The third-order valence-corrected chi connectivity index (χ3v) is 7.18. The molecule has 0 aliphatic heterocycles. The Labute approximate surface area is 197 Å². The molecule has 0 fully saturated rings. The van der Waals surface area contributed by atoms with Gasteiger partial charge in [0.15, 0.2) is 17.3 Å². The first kappa shape index (κ1) is 21.2. The van der Waals surface area contributed by atoms with Gasteiger partial charge in [-0.15, -0.1) is 11.3 Å². The van der Waals surface area contributed by atoms with Gasteiger partial charge in [0.25, 0.3) is 0 Å². The summed E-state index contributed by atoms with van der Waals surface area (Å²) in [5, 5.41) is 15.3. The molecule has 2 heterocycles. The summed E-state index contributed by atoms with van der Waals surface area (Å²) in [4.78, 5) is 5.82. The van der Waals surface area contributed by atoms with Gasteiger partial charge in [0.05, 0.1) is 12.7 Å². The molecule has 33 heavy (non-hydrogen) atoms. The van der Waals surface area contributed by atoms with Crippen molar-refractivity contribution in [1.29, 1.82) is 5.26 Å². The van der Waals surface area contributed by atoms with Crippen LogP contribution < -0.4 is 9.47 Å². The number of thiophene rings is 1. The molecule has 0 bridgehead atoms. The van der Waals surface area contributed by atoms with Gasteiger partial charge in [-0.1, -0.05) is 36.8 Å². The highest BCUT2D eigenvalue weighted by molar-refractivity contribution is 7.15. The van der Waals surface area contributed by atoms with E-state index in [4.69, 9.17) is 9.47 Å². The van der Waals surface area contributed by atoms with Crippen LogP contribution in [-0.4, -0.2) is 21.9 Å². The van der Waals surface area contributed by atoms with Crippen LogP contribution in [0.4, 0.5) is 0 Å². The van der Waals surface area contributed by atoms with Gasteiger partial charge in [0, 0.05) is 10.4 Å². The van der Waals surface area contributed by atoms with E-state index in [0.717, 1.165) is 41.0 Å². The van der Waals surface area contributed by atoms with Gasteiger partial charge >= 0.3 is 0 Å². The van der Waals surface area contributed by atoms with Crippen molar-refractivity contribution >= 4 is 11.3 Å². The van der Waals surface area contributed by atoms with Crippen LogP contribution in [0.3, 0.4) is 0 Å². The molecule has 0 atom stereocenters. The molecule has 5 rings (SSSR count). The van der Waals surface area contributed by atoms with Crippen LogP contribution in [0.1, 0.15) is 40.8 Å². The van der Waals surface area contributed by atoms with E-state index in [1.807, 2.05) is 48.5 Å². The first-order valence-electron chi connectivity index (χ1n) is 11.1. The van der Waals surface area contributed by atoms with Crippen LogP contribution in [0.5, 0.6) is 11.5 Å². The van der Waals surface area contributed by atoms with Gasteiger partial charge in [-0.25, -0.2) is 9.67 Å². The molecule has 1 aliphatic carbocycles. The minimum atomic E-state index is 0.457. The first-order chi connectivity index (χ1) is 16.3. The number of hydrogen-bond acceptors (Lipinski definition) is 6. The number of methoxy groups -OCH3 is 1. The highest BCUT2D eigenvalue weighted by atomic mass is 32.1. The summed E-state index contributed by atoms with van der Waals surface area (Å²) in [6, 6.07) is 18.2. The molecule has 4 aromatic rings. The second-order valence-corrected chi connectivity index (χ2v) is 9.08. The van der Waals surface area contributed by atoms with E-state index in [1.165, 1.54) is 29.6 Å². The van der Waals surface area contributed by atoms with Crippen LogP contribution in [0.2, 0.25) is 0 Å². The topological polar surface area (TPSA) is 73.0 Å². The fourth-order valence-corrected chi connectivity index (χ4v) is 5.54. The lowest BCUT2D eigenvalue weighted by molar-refractivity contribution is 0.284. The van der Waals surface area contributed by atoms with Crippen LogP contribution in [0.15, 0.2) is 54.9 Å². The Bertz CT molecular complexity index is 1300. The predicted octanol–water partition coefficient (Wildman–Crippen LogP) is 5.72. The van der Waals surface area contributed by atoms with Crippen molar-refractivity contribution in [2.75, 3.05) is 7.11 Å². The number of nitrogens with zero attached hydrogens (tertiary/aromatic N) is 4. The molecule has 0 saturated carbocycles. The summed E-state index contributed by atoms with van der Waals surface area (Å²) < 4.78 is 13.4. The molecule has 2 aromatic heterocycles. The van der Waals surface area contributed by atoms with Crippen molar-refractivity contribution in [2.45, 2.75) is 38.7 Å². The van der Waals surface area contributed by atoms with E-state index in [-0.39, 0.29) is 0 Å². The van der Waals surface area contributed by atoms with Gasteiger partial charge < -0.3 is 9.47 Å². The zero-order valence-corrected chi connectivity index (χ0v) is 19.3. The average Bonchev–Trinajstić information content (AvgIpc) is 3.41. The SMILES string of the molecule is COc1cc(-c2ncnn2-c2sc3c(c2C#N)CCCCC3)ccc1OCc1ccccc1. The van der Waals surface area contributed by atoms with Crippen LogP contribution >= 0.6 is 11.3 Å². The number of ether oxygens (including phenoxy) is 2. The third kappa shape index (κ3) is 4.22. The molecule has 166 valence electrons. The zero-order valence-electron chi connectivity index (χ0n) is 18.5.